The first-order valence-corrected chi connectivity index (χ1v) is 8.95. The molecule has 0 radical (unpaired) electrons. The fourth-order valence-electron chi connectivity index (χ4n) is 3.15. The maximum atomic E-state index is 12.6. The van der Waals surface area contributed by atoms with Gasteiger partial charge in [0.2, 0.25) is 11.8 Å². The van der Waals surface area contributed by atoms with Crippen molar-refractivity contribution in [2.45, 2.75) is 58.0 Å². The molecule has 1 N–H and O–H groups in total. The van der Waals surface area contributed by atoms with Crippen LogP contribution in [0.25, 0.3) is 0 Å². The minimum Gasteiger partial charge on any atom is -0.353 e. The van der Waals surface area contributed by atoms with Crippen molar-refractivity contribution in [3.8, 4) is 6.07 Å². The molecule has 1 heterocycles. The van der Waals surface area contributed by atoms with Crippen LogP contribution in [0.2, 0.25) is 0 Å². The molecule has 25 heavy (non-hydrogen) atoms. The van der Waals surface area contributed by atoms with Crippen LogP contribution in [0, 0.1) is 17.2 Å². The molecule has 1 saturated carbocycles. The topological polar surface area (TPSA) is 86.1 Å². The van der Waals surface area contributed by atoms with Crippen molar-refractivity contribution < 1.29 is 9.59 Å². The summed E-state index contributed by atoms with van der Waals surface area (Å²) in [7, 11) is 0. The van der Waals surface area contributed by atoms with Gasteiger partial charge in [-0.05, 0) is 31.9 Å². The monoisotopic (exact) mass is 342 g/mol. The van der Waals surface area contributed by atoms with Gasteiger partial charge in [0.15, 0.2) is 0 Å². The average molecular weight is 342 g/mol. The second-order valence-electron chi connectivity index (χ2n) is 6.64. The van der Waals surface area contributed by atoms with E-state index in [1.165, 1.54) is 0 Å². The van der Waals surface area contributed by atoms with E-state index in [2.05, 4.69) is 16.4 Å². The third-order valence-corrected chi connectivity index (χ3v) is 4.52. The molecule has 1 atom stereocenters. The van der Waals surface area contributed by atoms with E-state index in [0.717, 1.165) is 31.4 Å². The molecule has 0 spiro atoms. The number of pyridine rings is 1. The van der Waals surface area contributed by atoms with Gasteiger partial charge in [-0.25, -0.2) is 0 Å². The van der Waals surface area contributed by atoms with Crippen LogP contribution in [0.4, 0.5) is 0 Å². The summed E-state index contributed by atoms with van der Waals surface area (Å²) < 4.78 is 0. The van der Waals surface area contributed by atoms with Gasteiger partial charge in [0.05, 0.1) is 24.7 Å². The van der Waals surface area contributed by atoms with Gasteiger partial charge in [-0.3, -0.25) is 14.6 Å². The van der Waals surface area contributed by atoms with Crippen LogP contribution in [0.15, 0.2) is 24.4 Å². The van der Waals surface area contributed by atoms with Crippen LogP contribution >= 0.6 is 0 Å². The molecule has 1 aliphatic rings. The van der Waals surface area contributed by atoms with Crippen molar-refractivity contribution in [3.05, 3.63) is 30.1 Å². The van der Waals surface area contributed by atoms with E-state index < -0.39 is 0 Å². The third kappa shape index (κ3) is 6.18. The molecule has 0 saturated heterocycles. The average Bonchev–Trinajstić information content (AvgIpc) is 3.14. The number of aromatic nitrogens is 1. The first kappa shape index (κ1) is 18.9. The summed E-state index contributed by atoms with van der Waals surface area (Å²) in [5.74, 6) is 0.0898. The maximum Gasteiger partial charge on any atom is 0.225 e. The summed E-state index contributed by atoms with van der Waals surface area (Å²) in [6, 6.07) is 7.42. The highest BCUT2D eigenvalue weighted by Gasteiger charge is 2.25. The molecule has 1 fully saturated rings. The predicted octanol–water partition coefficient (Wildman–Crippen LogP) is 2.41. The molecule has 0 aliphatic heterocycles. The Morgan fingerprint density at radius 2 is 2.16 bits per heavy atom. The van der Waals surface area contributed by atoms with Crippen LogP contribution < -0.4 is 5.32 Å². The standard InChI is InChI=1S/C19H26N4O2/c1-15(22-19(25)16-7-2-3-8-16)13-18(24)23(12-6-10-20)14-17-9-4-5-11-21-17/h4-5,9,11,15-16H,2-3,6-8,12-14H2,1H3,(H,22,25). The summed E-state index contributed by atoms with van der Waals surface area (Å²) in [6.07, 6.45) is 6.31. The second kappa shape index (κ2) is 9.77. The van der Waals surface area contributed by atoms with Gasteiger partial charge in [-0.2, -0.15) is 5.26 Å². The lowest BCUT2D eigenvalue weighted by Crippen LogP contribution is -2.41. The molecule has 6 heteroatoms. The summed E-state index contributed by atoms with van der Waals surface area (Å²) in [6.45, 7) is 2.60. The first-order chi connectivity index (χ1) is 12.1. The van der Waals surface area contributed by atoms with E-state index in [0.29, 0.717) is 13.1 Å². The second-order valence-corrected chi connectivity index (χ2v) is 6.64. The highest BCUT2D eigenvalue weighted by atomic mass is 16.2. The van der Waals surface area contributed by atoms with Crippen LogP contribution in [-0.4, -0.2) is 34.3 Å². The Balaban J connectivity index is 1.88. The normalized spacial score (nSPS) is 15.4. The predicted molar refractivity (Wildman–Crippen MR) is 94.1 cm³/mol. The molecule has 6 nitrogen and oxygen atoms in total. The van der Waals surface area contributed by atoms with Crippen molar-refractivity contribution in [1.29, 1.82) is 5.26 Å². The van der Waals surface area contributed by atoms with E-state index in [1.807, 2.05) is 25.1 Å². The quantitative estimate of drug-likeness (QED) is 0.786. The van der Waals surface area contributed by atoms with Crippen LogP contribution in [0.5, 0.6) is 0 Å². The number of hydrogen-bond donors (Lipinski definition) is 1. The minimum atomic E-state index is -0.214. The highest BCUT2D eigenvalue weighted by Crippen LogP contribution is 2.24. The van der Waals surface area contributed by atoms with Gasteiger partial charge in [0.1, 0.15) is 0 Å². The first-order valence-electron chi connectivity index (χ1n) is 8.95. The van der Waals surface area contributed by atoms with Crippen molar-refractivity contribution in [1.82, 2.24) is 15.2 Å². The molecular weight excluding hydrogens is 316 g/mol. The molecule has 1 unspecified atom stereocenters. The summed E-state index contributed by atoms with van der Waals surface area (Å²) in [4.78, 5) is 30.7. The fraction of sp³-hybridized carbons (Fsp3) is 0.579. The van der Waals surface area contributed by atoms with E-state index in [1.54, 1.807) is 11.1 Å². The SMILES string of the molecule is CC(CC(=O)N(CCC#N)Cc1ccccn1)NC(=O)C1CCCC1. The number of carbonyl (C=O) groups is 2. The molecule has 0 aromatic carbocycles. The Morgan fingerprint density at radius 3 is 2.80 bits per heavy atom. The summed E-state index contributed by atoms with van der Waals surface area (Å²) in [5, 5.41) is 11.8. The smallest absolute Gasteiger partial charge is 0.225 e. The van der Waals surface area contributed by atoms with E-state index >= 15 is 0 Å². The van der Waals surface area contributed by atoms with Crippen molar-refractivity contribution in [3.63, 3.8) is 0 Å². The largest absolute Gasteiger partial charge is 0.353 e. The lowest BCUT2D eigenvalue weighted by molar-refractivity contribution is -0.132. The molecule has 134 valence electrons. The Hall–Kier alpha value is -2.42. The number of amides is 2. The highest BCUT2D eigenvalue weighted by molar-refractivity contribution is 5.81. The number of nitrogens with zero attached hydrogens (tertiary/aromatic N) is 3. The van der Waals surface area contributed by atoms with Crippen LogP contribution in [0.3, 0.4) is 0 Å². The zero-order valence-corrected chi connectivity index (χ0v) is 14.8. The molecule has 2 rings (SSSR count). The Kier molecular flexibility index (Phi) is 7.39. The molecule has 2 amide bonds. The van der Waals surface area contributed by atoms with Crippen LogP contribution in [-0.2, 0) is 16.1 Å². The fourth-order valence-corrected chi connectivity index (χ4v) is 3.15. The Bertz CT molecular complexity index is 606. The zero-order valence-electron chi connectivity index (χ0n) is 14.8. The van der Waals surface area contributed by atoms with Gasteiger partial charge in [0, 0.05) is 31.1 Å². The third-order valence-electron chi connectivity index (χ3n) is 4.52. The van der Waals surface area contributed by atoms with Crippen molar-refractivity contribution >= 4 is 11.8 Å². The zero-order chi connectivity index (χ0) is 18.1. The summed E-state index contributed by atoms with van der Waals surface area (Å²) >= 11 is 0. The van der Waals surface area contributed by atoms with Crippen molar-refractivity contribution in [2.24, 2.45) is 5.92 Å². The minimum absolute atomic E-state index is 0.0612. The Morgan fingerprint density at radius 1 is 1.40 bits per heavy atom. The molecular formula is C19H26N4O2. The van der Waals surface area contributed by atoms with Gasteiger partial charge >= 0.3 is 0 Å². The van der Waals surface area contributed by atoms with Gasteiger partial charge in [-0.1, -0.05) is 18.9 Å². The van der Waals surface area contributed by atoms with Gasteiger partial charge in [0.25, 0.3) is 0 Å². The molecule has 0 bridgehead atoms. The number of carbonyl (C=O) groups excluding carboxylic acids is 2. The maximum absolute atomic E-state index is 12.6. The molecule has 1 aromatic heterocycles. The van der Waals surface area contributed by atoms with E-state index in [-0.39, 0.29) is 36.6 Å². The lowest BCUT2D eigenvalue weighted by atomic mass is 10.1. The summed E-state index contributed by atoms with van der Waals surface area (Å²) in [5.41, 5.74) is 0.788. The van der Waals surface area contributed by atoms with Crippen molar-refractivity contribution in [2.75, 3.05) is 6.54 Å². The van der Waals surface area contributed by atoms with Gasteiger partial charge < -0.3 is 10.2 Å². The molecule has 1 aromatic rings. The van der Waals surface area contributed by atoms with E-state index in [4.69, 9.17) is 5.26 Å². The lowest BCUT2D eigenvalue weighted by Gasteiger charge is -2.24. The number of nitriles is 1. The number of rotatable bonds is 8. The van der Waals surface area contributed by atoms with Crippen LogP contribution in [0.1, 0.15) is 51.1 Å². The van der Waals surface area contributed by atoms with E-state index in [9.17, 15) is 9.59 Å². The number of hydrogen-bond acceptors (Lipinski definition) is 4. The molecule has 1 aliphatic carbocycles. The Labute approximate surface area is 149 Å². The van der Waals surface area contributed by atoms with Gasteiger partial charge in [-0.15, -0.1) is 0 Å². The number of nitrogens with one attached hydrogen (secondary N) is 1.